The van der Waals surface area contributed by atoms with Gasteiger partial charge in [0.1, 0.15) is 5.75 Å². The van der Waals surface area contributed by atoms with Crippen LogP contribution in [0.4, 0.5) is 5.69 Å². The van der Waals surface area contributed by atoms with Gasteiger partial charge in [-0.25, -0.2) is 0 Å². The SMILES string of the molecule is CCc1ccc(O[C@@H](CC)C(=O)Nc2cc(C)cc(C)c2)cc1. The van der Waals surface area contributed by atoms with Crippen molar-refractivity contribution in [2.75, 3.05) is 5.32 Å². The van der Waals surface area contributed by atoms with E-state index in [1.54, 1.807) is 0 Å². The van der Waals surface area contributed by atoms with Gasteiger partial charge in [0, 0.05) is 5.69 Å². The highest BCUT2D eigenvalue weighted by Crippen LogP contribution is 2.18. The molecule has 0 saturated heterocycles. The van der Waals surface area contributed by atoms with E-state index in [0.717, 1.165) is 29.0 Å². The molecule has 2 aromatic carbocycles. The number of ether oxygens (including phenoxy) is 1. The highest BCUT2D eigenvalue weighted by molar-refractivity contribution is 5.94. The zero-order valence-electron chi connectivity index (χ0n) is 14.3. The van der Waals surface area contributed by atoms with Gasteiger partial charge in [-0.15, -0.1) is 0 Å². The normalized spacial score (nSPS) is 11.8. The van der Waals surface area contributed by atoms with E-state index in [2.05, 4.69) is 18.3 Å². The summed E-state index contributed by atoms with van der Waals surface area (Å²) in [7, 11) is 0. The quantitative estimate of drug-likeness (QED) is 0.842. The zero-order valence-corrected chi connectivity index (χ0v) is 14.3. The first kappa shape index (κ1) is 17.1. The number of nitrogens with one attached hydrogen (secondary N) is 1. The number of anilines is 1. The number of carbonyl (C=O) groups excluding carboxylic acids is 1. The van der Waals surface area contributed by atoms with E-state index < -0.39 is 6.10 Å². The summed E-state index contributed by atoms with van der Waals surface area (Å²) in [5, 5.41) is 2.95. The number of carbonyl (C=O) groups is 1. The van der Waals surface area contributed by atoms with Gasteiger partial charge in [-0.1, -0.05) is 32.0 Å². The smallest absolute Gasteiger partial charge is 0.265 e. The second-order valence-corrected chi connectivity index (χ2v) is 5.88. The van der Waals surface area contributed by atoms with E-state index in [-0.39, 0.29) is 5.91 Å². The summed E-state index contributed by atoms with van der Waals surface area (Å²) in [6, 6.07) is 13.9. The molecule has 0 heterocycles. The Morgan fingerprint density at radius 2 is 1.65 bits per heavy atom. The third-order valence-electron chi connectivity index (χ3n) is 3.76. The van der Waals surface area contributed by atoms with Crippen molar-refractivity contribution in [2.24, 2.45) is 0 Å². The van der Waals surface area contributed by atoms with E-state index in [0.29, 0.717) is 6.42 Å². The number of hydrogen-bond acceptors (Lipinski definition) is 2. The Morgan fingerprint density at radius 1 is 1.04 bits per heavy atom. The second kappa shape index (κ2) is 7.82. The van der Waals surface area contributed by atoms with Crippen LogP contribution in [-0.2, 0) is 11.2 Å². The summed E-state index contributed by atoms with van der Waals surface area (Å²) in [5.74, 6) is 0.613. The molecule has 1 atom stereocenters. The van der Waals surface area contributed by atoms with Crippen molar-refractivity contribution in [1.29, 1.82) is 0 Å². The number of amides is 1. The lowest BCUT2D eigenvalue weighted by Gasteiger charge is -2.18. The van der Waals surface area contributed by atoms with Crippen molar-refractivity contribution >= 4 is 11.6 Å². The average molecular weight is 311 g/mol. The predicted molar refractivity (Wildman–Crippen MR) is 95.1 cm³/mol. The van der Waals surface area contributed by atoms with Crippen molar-refractivity contribution in [2.45, 2.75) is 46.6 Å². The van der Waals surface area contributed by atoms with Gasteiger partial charge in [-0.2, -0.15) is 0 Å². The summed E-state index contributed by atoms with van der Waals surface area (Å²) >= 11 is 0. The van der Waals surface area contributed by atoms with Crippen LogP contribution in [0.5, 0.6) is 5.75 Å². The fourth-order valence-electron chi connectivity index (χ4n) is 2.56. The highest BCUT2D eigenvalue weighted by atomic mass is 16.5. The Bertz CT molecular complexity index is 642. The number of aryl methyl sites for hydroxylation is 3. The molecule has 2 rings (SSSR count). The first-order valence-electron chi connectivity index (χ1n) is 8.16. The van der Waals surface area contributed by atoms with Crippen LogP contribution in [0.3, 0.4) is 0 Å². The zero-order chi connectivity index (χ0) is 16.8. The minimum atomic E-state index is -0.497. The third kappa shape index (κ3) is 4.85. The van der Waals surface area contributed by atoms with E-state index in [1.165, 1.54) is 5.56 Å². The van der Waals surface area contributed by atoms with Crippen LogP contribution in [0.2, 0.25) is 0 Å². The molecule has 122 valence electrons. The highest BCUT2D eigenvalue weighted by Gasteiger charge is 2.18. The van der Waals surface area contributed by atoms with Crippen LogP contribution >= 0.6 is 0 Å². The molecule has 0 saturated carbocycles. The van der Waals surface area contributed by atoms with Crippen molar-refractivity contribution in [3.8, 4) is 5.75 Å². The maximum absolute atomic E-state index is 12.5. The van der Waals surface area contributed by atoms with Gasteiger partial charge in [0.05, 0.1) is 0 Å². The first-order chi connectivity index (χ1) is 11.0. The molecule has 0 bridgehead atoms. The molecule has 3 heteroatoms. The standard InChI is InChI=1S/C20H25NO2/c1-5-16-7-9-18(10-8-16)23-19(6-2)20(22)21-17-12-14(3)11-15(4)13-17/h7-13,19H,5-6H2,1-4H3,(H,21,22)/t19-/m0/s1. The third-order valence-corrected chi connectivity index (χ3v) is 3.76. The minimum absolute atomic E-state index is 0.114. The lowest BCUT2D eigenvalue weighted by Crippen LogP contribution is -2.32. The summed E-state index contributed by atoms with van der Waals surface area (Å²) in [6.45, 7) is 8.10. The topological polar surface area (TPSA) is 38.3 Å². The van der Waals surface area contributed by atoms with Crippen molar-refractivity contribution in [3.05, 3.63) is 59.2 Å². The Labute approximate surface area is 138 Å². The Balaban J connectivity index is 2.05. The molecule has 3 nitrogen and oxygen atoms in total. The second-order valence-electron chi connectivity index (χ2n) is 5.88. The van der Waals surface area contributed by atoms with Crippen molar-refractivity contribution < 1.29 is 9.53 Å². The van der Waals surface area contributed by atoms with Crippen molar-refractivity contribution in [1.82, 2.24) is 0 Å². The fraction of sp³-hybridized carbons (Fsp3) is 0.350. The number of rotatable bonds is 6. The predicted octanol–water partition coefficient (Wildman–Crippen LogP) is 4.66. The summed E-state index contributed by atoms with van der Waals surface area (Å²) in [6.07, 6.45) is 1.11. The number of hydrogen-bond donors (Lipinski definition) is 1. The van der Waals surface area contributed by atoms with E-state index >= 15 is 0 Å². The molecule has 1 N–H and O–H groups in total. The Kier molecular flexibility index (Phi) is 5.80. The molecule has 1 amide bonds. The molecule has 0 radical (unpaired) electrons. The molecule has 0 unspecified atom stereocenters. The monoisotopic (exact) mass is 311 g/mol. The van der Waals surface area contributed by atoms with Crippen LogP contribution in [0.25, 0.3) is 0 Å². The molecular weight excluding hydrogens is 286 g/mol. The van der Waals surface area contributed by atoms with Gasteiger partial charge < -0.3 is 10.1 Å². The molecule has 0 aliphatic heterocycles. The maximum atomic E-state index is 12.5. The lowest BCUT2D eigenvalue weighted by molar-refractivity contribution is -0.122. The molecule has 0 aromatic heterocycles. The first-order valence-corrected chi connectivity index (χ1v) is 8.16. The maximum Gasteiger partial charge on any atom is 0.265 e. The molecule has 0 fully saturated rings. The summed E-state index contributed by atoms with van der Waals surface area (Å²) < 4.78 is 5.85. The van der Waals surface area contributed by atoms with Gasteiger partial charge in [-0.05, 0) is 67.6 Å². The van der Waals surface area contributed by atoms with Gasteiger partial charge >= 0.3 is 0 Å². The molecule has 23 heavy (non-hydrogen) atoms. The van der Waals surface area contributed by atoms with Crippen LogP contribution < -0.4 is 10.1 Å². The average Bonchev–Trinajstić information content (AvgIpc) is 2.52. The van der Waals surface area contributed by atoms with Crippen LogP contribution in [0.15, 0.2) is 42.5 Å². The van der Waals surface area contributed by atoms with Gasteiger partial charge in [0.2, 0.25) is 0 Å². The summed E-state index contributed by atoms with van der Waals surface area (Å²) in [5.41, 5.74) is 4.33. The van der Waals surface area contributed by atoms with E-state index in [1.807, 2.05) is 57.2 Å². The van der Waals surface area contributed by atoms with E-state index in [9.17, 15) is 4.79 Å². The fourth-order valence-corrected chi connectivity index (χ4v) is 2.56. The van der Waals surface area contributed by atoms with Gasteiger partial charge in [-0.3, -0.25) is 4.79 Å². The van der Waals surface area contributed by atoms with E-state index in [4.69, 9.17) is 4.74 Å². The molecular formula is C20H25NO2. The van der Waals surface area contributed by atoms with Crippen LogP contribution in [-0.4, -0.2) is 12.0 Å². The van der Waals surface area contributed by atoms with Gasteiger partial charge in [0.15, 0.2) is 6.10 Å². The Morgan fingerprint density at radius 3 is 2.17 bits per heavy atom. The number of benzene rings is 2. The molecule has 0 spiro atoms. The Hall–Kier alpha value is -2.29. The molecule has 2 aromatic rings. The van der Waals surface area contributed by atoms with Gasteiger partial charge in [0.25, 0.3) is 5.91 Å². The molecule has 0 aliphatic carbocycles. The molecule has 0 aliphatic rings. The largest absolute Gasteiger partial charge is 0.481 e. The van der Waals surface area contributed by atoms with Crippen LogP contribution in [0, 0.1) is 13.8 Å². The minimum Gasteiger partial charge on any atom is -0.481 e. The van der Waals surface area contributed by atoms with Crippen molar-refractivity contribution in [3.63, 3.8) is 0 Å². The lowest BCUT2D eigenvalue weighted by atomic mass is 10.1. The summed E-state index contributed by atoms with van der Waals surface area (Å²) in [4.78, 5) is 12.5. The van der Waals surface area contributed by atoms with Crippen LogP contribution in [0.1, 0.15) is 37.0 Å².